The summed E-state index contributed by atoms with van der Waals surface area (Å²) in [5.74, 6) is -3.95. The Morgan fingerprint density at radius 2 is 2.20 bits per heavy atom. The molecule has 1 fully saturated rings. The van der Waals surface area contributed by atoms with Gasteiger partial charge in [0.05, 0.1) is 0 Å². The van der Waals surface area contributed by atoms with Crippen molar-refractivity contribution in [2.45, 2.75) is 31.1 Å². The molecule has 3 nitrogen and oxygen atoms in total. The van der Waals surface area contributed by atoms with Crippen LogP contribution in [0.25, 0.3) is 0 Å². The average Bonchev–Trinajstić information content (AvgIpc) is 2.62. The molecular weight excluding hydrogens is 207 g/mol. The third-order valence-corrected chi connectivity index (χ3v) is 2.85. The van der Waals surface area contributed by atoms with Crippen LogP contribution in [0.15, 0.2) is 0 Å². The number of aromatic nitrogens is 2. The Bertz CT molecular complexity index is 386. The van der Waals surface area contributed by atoms with Crippen molar-refractivity contribution in [1.29, 1.82) is 0 Å². The molecule has 0 aliphatic heterocycles. The maximum absolute atomic E-state index is 13.5. The second-order valence-electron chi connectivity index (χ2n) is 4.00. The maximum Gasteiger partial charge on any atom is 0.248 e. The first-order valence-corrected chi connectivity index (χ1v) is 4.76. The highest BCUT2D eigenvalue weighted by Crippen LogP contribution is 2.44. The van der Waals surface area contributed by atoms with Gasteiger partial charge >= 0.3 is 0 Å². The minimum Gasteiger partial charge on any atom is -0.381 e. The van der Waals surface area contributed by atoms with Crippen molar-refractivity contribution in [3.63, 3.8) is 0 Å². The molecule has 1 aromatic rings. The fourth-order valence-corrected chi connectivity index (χ4v) is 1.98. The van der Waals surface area contributed by atoms with Crippen molar-refractivity contribution < 1.29 is 13.2 Å². The molecule has 1 saturated carbocycles. The van der Waals surface area contributed by atoms with Crippen molar-refractivity contribution in [3.8, 4) is 0 Å². The quantitative estimate of drug-likeness (QED) is 0.785. The molecule has 1 aliphatic rings. The number of anilines is 1. The summed E-state index contributed by atoms with van der Waals surface area (Å²) < 4.78 is 40.5. The van der Waals surface area contributed by atoms with Gasteiger partial charge in [0, 0.05) is 25.8 Å². The van der Waals surface area contributed by atoms with Gasteiger partial charge in [-0.05, 0) is 6.42 Å². The van der Waals surface area contributed by atoms with Crippen LogP contribution in [0, 0.1) is 5.82 Å². The van der Waals surface area contributed by atoms with E-state index in [2.05, 4.69) is 5.10 Å². The fourth-order valence-electron chi connectivity index (χ4n) is 1.98. The van der Waals surface area contributed by atoms with E-state index in [9.17, 15) is 13.2 Å². The van der Waals surface area contributed by atoms with Crippen molar-refractivity contribution in [2.75, 3.05) is 5.73 Å². The Labute approximate surface area is 85.1 Å². The summed E-state index contributed by atoms with van der Waals surface area (Å²) in [7, 11) is 1.50. The summed E-state index contributed by atoms with van der Waals surface area (Å²) in [6, 6.07) is 0. The summed E-state index contributed by atoms with van der Waals surface area (Å²) >= 11 is 0. The summed E-state index contributed by atoms with van der Waals surface area (Å²) in [5, 5.41) is 3.84. The second-order valence-corrected chi connectivity index (χ2v) is 4.00. The van der Waals surface area contributed by atoms with Gasteiger partial charge in [-0.15, -0.1) is 0 Å². The standard InChI is InChI=1S/C9H12F3N3/c1-15-8(13)6(10)7(14-15)5-2-3-9(11,12)4-5/h5H,2-4,13H2,1H3. The van der Waals surface area contributed by atoms with E-state index in [-0.39, 0.29) is 30.8 Å². The lowest BCUT2D eigenvalue weighted by atomic mass is 10.0. The number of rotatable bonds is 1. The van der Waals surface area contributed by atoms with Crippen molar-refractivity contribution in [1.82, 2.24) is 9.78 Å². The molecule has 2 rings (SSSR count). The largest absolute Gasteiger partial charge is 0.381 e. The van der Waals surface area contributed by atoms with Crippen LogP contribution in [0.4, 0.5) is 19.0 Å². The van der Waals surface area contributed by atoms with Gasteiger partial charge in [0.15, 0.2) is 11.6 Å². The van der Waals surface area contributed by atoms with Gasteiger partial charge in [-0.25, -0.2) is 13.2 Å². The lowest BCUT2D eigenvalue weighted by Gasteiger charge is -2.07. The van der Waals surface area contributed by atoms with Gasteiger partial charge in [0.2, 0.25) is 5.92 Å². The first-order valence-electron chi connectivity index (χ1n) is 4.76. The monoisotopic (exact) mass is 219 g/mol. The minimum absolute atomic E-state index is 0.0761. The molecule has 1 unspecified atom stereocenters. The number of nitrogen functional groups attached to an aromatic ring is 1. The van der Waals surface area contributed by atoms with E-state index in [4.69, 9.17) is 5.73 Å². The number of nitrogens with two attached hydrogens (primary N) is 1. The molecule has 0 bridgehead atoms. The Kier molecular flexibility index (Phi) is 2.17. The number of halogens is 3. The van der Waals surface area contributed by atoms with Crippen LogP contribution >= 0.6 is 0 Å². The number of hydrogen-bond donors (Lipinski definition) is 1. The highest BCUT2D eigenvalue weighted by Gasteiger charge is 2.42. The van der Waals surface area contributed by atoms with Gasteiger partial charge in [-0.3, -0.25) is 4.68 Å². The Balaban J connectivity index is 2.28. The highest BCUT2D eigenvalue weighted by molar-refractivity contribution is 5.35. The molecule has 0 spiro atoms. The molecule has 1 aliphatic carbocycles. The van der Waals surface area contributed by atoms with Crippen LogP contribution < -0.4 is 5.73 Å². The van der Waals surface area contributed by atoms with Gasteiger partial charge in [-0.1, -0.05) is 0 Å². The molecule has 0 saturated heterocycles. The molecule has 2 N–H and O–H groups in total. The third kappa shape index (κ3) is 1.68. The maximum atomic E-state index is 13.5. The van der Waals surface area contributed by atoms with E-state index in [0.717, 1.165) is 0 Å². The topological polar surface area (TPSA) is 43.8 Å². The van der Waals surface area contributed by atoms with Crippen LogP contribution in [0.1, 0.15) is 30.9 Å². The van der Waals surface area contributed by atoms with Gasteiger partial charge < -0.3 is 5.73 Å². The fraction of sp³-hybridized carbons (Fsp3) is 0.667. The molecule has 15 heavy (non-hydrogen) atoms. The van der Waals surface area contributed by atoms with Gasteiger partial charge in [0.25, 0.3) is 0 Å². The Morgan fingerprint density at radius 3 is 2.60 bits per heavy atom. The molecule has 6 heteroatoms. The summed E-state index contributed by atoms with van der Waals surface area (Å²) in [6.45, 7) is 0. The van der Waals surface area contributed by atoms with E-state index in [1.807, 2.05) is 0 Å². The van der Waals surface area contributed by atoms with Crippen LogP contribution in [0.5, 0.6) is 0 Å². The van der Waals surface area contributed by atoms with Crippen molar-refractivity contribution in [3.05, 3.63) is 11.5 Å². The molecule has 1 atom stereocenters. The molecule has 1 heterocycles. The second kappa shape index (κ2) is 3.15. The molecule has 0 radical (unpaired) electrons. The summed E-state index contributed by atoms with van der Waals surface area (Å²) in [6.07, 6.45) is -0.270. The zero-order valence-electron chi connectivity index (χ0n) is 8.30. The average molecular weight is 219 g/mol. The lowest BCUT2D eigenvalue weighted by molar-refractivity contribution is 0.00757. The van der Waals surface area contributed by atoms with E-state index in [0.29, 0.717) is 0 Å². The number of aryl methyl sites for hydroxylation is 1. The highest BCUT2D eigenvalue weighted by atomic mass is 19.3. The van der Waals surface area contributed by atoms with Crippen molar-refractivity contribution >= 4 is 5.82 Å². The number of hydrogen-bond acceptors (Lipinski definition) is 2. The summed E-state index contributed by atoms with van der Waals surface area (Å²) in [4.78, 5) is 0. The zero-order chi connectivity index (χ0) is 11.2. The Morgan fingerprint density at radius 1 is 1.53 bits per heavy atom. The van der Waals surface area contributed by atoms with Gasteiger partial charge in [0.1, 0.15) is 5.69 Å². The predicted octanol–water partition coefficient (Wildman–Crippen LogP) is 2.04. The predicted molar refractivity (Wildman–Crippen MR) is 49.1 cm³/mol. The molecular formula is C9H12F3N3. The van der Waals surface area contributed by atoms with Crippen LogP contribution in [-0.4, -0.2) is 15.7 Å². The summed E-state index contributed by atoms with van der Waals surface area (Å²) in [5.41, 5.74) is 5.45. The van der Waals surface area contributed by atoms with Gasteiger partial charge in [-0.2, -0.15) is 5.10 Å². The number of alkyl halides is 2. The smallest absolute Gasteiger partial charge is 0.248 e. The molecule has 0 amide bonds. The molecule has 0 aromatic carbocycles. The molecule has 84 valence electrons. The first-order chi connectivity index (χ1) is 6.91. The first kappa shape index (κ1) is 10.3. The van der Waals surface area contributed by atoms with Crippen molar-refractivity contribution in [2.24, 2.45) is 7.05 Å². The van der Waals surface area contributed by atoms with E-state index < -0.39 is 17.7 Å². The number of nitrogens with zero attached hydrogens (tertiary/aromatic N) is 2. The third-order valence-electron chi connectivity index (χ3n) is 2.85. The lowest BCUT2D eigenvalue weighted by Crippen LogP contribution is -2.09. The Hall–Kier alpha value is -1.20. The van der Waals surface area contributed by atoms with E-state index in [1.165, 1.54) is 11.7 Å². The molecule has 1 aromatic heterocycles. The van der Waals surface area contributed by atoms with Crippen LogP contribution in [0.2, 0.25) is 0 Å². The van der Waals surface area contributed by atoms with Crippen LogP contribution in [-0.2, 0) is 7.05 Å². The van der Waals surface area contributed by atoms with E-state index in [1.54, 1.807) is 0 Å². The SMILES string of the molecule is Cn1nc(C2CCC(F)(F)C2)c(F)c1N. The zero-order valence-corrected chi connectivity index (χ0v) is 8.30. The van der Waals surface area contributed by atoms with Crippen LogP contribution in [0.3, 0.4) is 0 Å². The minimum atomic E-state index is -2.69. The normalized spacial score (nSPS) is 24.7. The van der Waals surface area contributed by atoms with E-state index >= 15 is 0 Å².